The molecule has 0 amide bonds. The summed E-state index contributed by atoms with van der Waals surface area (Å²) in [6, 6.07) is 8.05. The Morgan fingerprint density at radius 1 is 1.47 bits per heavy atom. The van der Waals surface area contributed by atoms with Gasteiger partial charge in [0.2, 0.25) is 0 Å². The van der Waals surface area contributed by atoms with Crippen molar-refractivity contribution in [3.05, 3.63) is 28.2 Å². The predicted octanol–water partition coefficient (Wildman–Crippen LogP) is 3.55. The van der Waals surface area contributed by atoms with Crippen molar-refractivity contribution in [2.75, 3.05) is 19.0 Å². The average Bonchev–Trinajstić information content (AvgIpc) is 2.29. The molecule has 0 bridgehead atoms. The van der Waals surface area contributed by atoms with Crippen molar-refractivity contribution in [3.63, 3.8) is 0 Å². The number of nitriles is 1. The fourth-order valence-electron chi connectivity index (χ4n) is 1.72. The highest BCUT2D eigenvalue weighted by molar-refractivity contribution is 9.10. The Balaban J connectivity index is 2.78. The maximum atomic E-state index is 8.90. The van der Waals surface area contributed by atoms with Crippen LogP contribution in [0.1, 0.15) is 25.3 Å². The van der Waals surface area contributed by atoms with Crippen molar-refractivity contribution >= 4 is 21.6 Å². The number of hydrogen-bond acceptors (Lipinski definition) is 3. The zero-order chi connectivity index (χ0) is 12.7. The summed E-state index contributed by atoms with van der Waals surface area (Å²) in [7, 11) is 1.70. The van der Waals surface area contributed by atoms with E-state index in [1.807, 2.05) is 12.1 Å². The lowest BCUT2D eigenvalue weighted by Gasteiger charge is -2.18. The molecule has 0 spiro atoms. The summed E-state index contributed by atoms with van der Waals surface area (Å²) in [6.07, 6.45) is 2.14. The second-order valence-corrected chi connectivity index (χ2v) is 4.84. The molecule has 1 aromatic carbocycles. The molecule has 0 aliphatic rings. The summed E-state index contributed by atoms with van der Waals surface area (Å²) in [5.74, 6) is 0. The monoisotopic (exact) mass is 296 g/mol. The molecule has 3 nitrogen and oxygen atoms in total. The minimum absolute atomic E-state index is 0.283. The van der Waals surface area contributed by atoms with E-state index in [1.54, 1.807) is 13.2 Å². The molecule has 1 aromatic rings. The lowest BCUT2D eigenvalue weighted by molar-refractivity contribution is 0.182. The lowest BCUT2D eigenvalue weighted by Crippen LogP contribution is -2.24. The summed E-state index contributed by atoms with van der Waals surface area (Å²) >= 11 is 3.40. The summed E-state index contributed by atoms with van der Waals surface area (Å²) in [6.45, 7) is 2.81. The van der Waals surface area contributed by atoms with Gasteiger partial charge in [0.05, 0.1) is 18.2 Å². The number of ether oxygens (including phenoxy) is 1. The normalized spacial score (nSPS) is 11.9. The molecule has 0 radical (unpaired) electrons. The van der Waals surface area contributed by atoms with Gasteiger partial charge in [-0.25, -0.2) is 0 Å². The van der Waals surface area contributed by atoms with E-state index in [2.05, 4.69) is 34.2 Å². The van der Waals surface area contributed by atoms with Crippen LogP contribution in [0.5, 0.6) is 0 Å². The van der Waals surface area contributed by atoms with Crippen molar-refractivity contribution in [3.8, 4) is 6.07 Å². The van der Waals surface area contributed by atoms with Crippen LogP contribution in [0.3, 0.4) is 0 Å². The molecule has 92 valence electrons. The van der Waals surface area contributed by atoms with Gasteiger partial charge in [-0.2, -0.15) is 5.26 Å². The molecular formula is C13H17BrN2O. The second-order valence-electron chi connectivity index (χ2n) is 3.93. The molecule has 1 N–H and O–H groups in total. The van der Waals surface area contributed by atoms with Crippen LogP contribution in [0.15, 0.2) is 22.7 Å². The highest BCUT2D eigenvalue weighted by atomic mass is 79.9. The number of halogens is 1. The molecule has 0 aromatic heterocycles. The van der Waals surface area contributed by atoms with Crippen molar-refractivity contribution in [1.82, 2.24) is 0 Å². The predicted molar refractivity (Wildman–Crippen MR) is 73.1 cm³/mol. The van der Waals surface area contributed by atoms with Gasteiger partial charge in [0.15, 0.2) is 0 Å². The molecular weight excluding hydrogens is 280 g/mol. The van der Waals surface area contributed by atoms with E-state index in [1.165, 1.54) is 0 Å². The molecule has 1 atom stereocenters. The smallest absolute Gasteiger partial charge is 0.0992 e. The SMILES string of the molecule is CCCC(COC)Nc1cc(Br)cc(C#N)c1. The van der Waals surface area contributed by atoms with Crippen LogP contribution < -0.4 is 5.32 Å². The topological polar surface area (TPSA) is 45.0 Å². The summed E-state index contributed by atoms with van der Waals surface area (Å²) in [4.78, 5) is 0. The van der Waals surface area contributed by atoms with Gasteiger partial charge >= 0.3 is 0 Å². The van der Waals surface area contributed by atoms with Crippen LogP contribution in [0.2, 0.25) is 0 Å². The number of methoxy groups -OCH3 is 1. The third kappa shape index (κ3) is 4.76. The number of hydrogen-bond donors (Lipinski definition) is 1. The van der Waals surface area contributed by atoms with Crippen molar-refractivity contribution in [2.24, 2.45) is 0 Å². The Bertz CT molecular complexity index is 395. The van der Waals surface area contributed by atoms with Crippen LogP contribution in [0.25, 0.3) is 0 Å². The second kappa shape index (κ2) is 7.31. The Morgan fingerprint density at radius 2 is 2.24 bits per heavy atom. The lowest BCUT2D eigenvalue weighted by atomic mass is 10.1. The quantitative estimate of drug-likeness (QED) is 0.873. The van der Waals surface area contributed by atoms with E-state index in [0.717, 1.165) is 23.0 Å². The number of benzene rings is 1. The fraction of sp³-hybridized carbons (Fsp3) is 0.462. The third-order valence-corrected chi connectivity index (χ3v) is 2.86. The fourth-order valence-corrected chi connectivity index (χ4v) is 2.21. The van der Waals surface area contributed by atoms with Crippen LogP contribution in [0, 0.1) is 11.3 Å². The number of nitrogens with zero attached hydrogens (tertiary/aromatic N) is 1. The maximum absolute atomic E-state index is 8.90. The molecule has 1 rings (SSSR count). The molecule has 0 fully saturated rings. The largest absolute Gasteiger partial charge is 0.383 e. The molecule has 0 saturated heterocycles. The zero-order valence-electron chi connectivity index (χ0n) is 10.2. The highest BCUT2D eigenvalue weighted by Crippen LogP contribution is 2.20. The van der Waals surface area contributed by atoms with E-state index in [0.29, 0.717) is 12.2 Å². The van der Waals surface area contributed by atoms with Crippen LogP contribution in [-0.2, 0) is 4.74 Å². The van der Waals surface area contributed by atoms with E-state index in [4.69, 9.17) is 10.00 Å². The van der Waals surface area contributed by atoms with E-state index < -0.39 is 0 Å². The van der Waals surface area contributed by atoms with Gasteiger partial charge < -0.3 is 10.1 Å². The van der Waals surface area contributed by atoms with Gasteiger partial charge in [0, 0.05) is 23.3 Å². The van der Waals surface area contributed by atoms with Crippen molar-refractivity contribution in [2.45, 2.75) is 25.8 Å². The van der Waals surface area contributed by atoms with Gasteiger partial charge in [0.25, 0.3) is 0 Å². The first-order valence-corrected chi connectivity index (χ1v) is 6.45. The Hall–Kier alpha value is -1.05. The first kappa shape index (κ1) is 14.0. The van der Waals surface area contributed by atoms with E-state index >= 15 is 0 Å². The van der Waals surface area contributed by atoms with Gasteiger partial charge in [-0.1, -0.05) is 29.3 Å². The molecule has 0 heterocycles. The molecule has 17 heavy (non-hydrogen) atoms. The summed E-state index contributed by atoms with van der Waals surface area (Å²) < 4.78 is 6.09. The Morgan fingerprint density at radius 3 is 2.82 bits per heavy atom. The van der Waals surface area contributed by atoms with Crippen molar-refractivity contribution < 1.29 is 4.74 Å². The average molecular weight is 297 g/mol. The molecule has 0 aliphatic heterocycles. The van der Waals surface area contributed by atoms with Gasteiger partial charge in [0.1, 0.15) is 0 Å². The standard InChI is InChI=1S/C13H17BrN2O/c1-3-4-12(9-17-2)16-13-6-10(8-15)5-11(14)7-13/h5-7,12,16H,3-4,9H2,1-2H3. The van der Waals surface area contributed by atoms with Gasteiger partial charge in [-0.15, -0.1) is 0 Å². The van der Waals surface area contributed by atoms with Gasteiger partial charge in [-0.3, -0.25) is 0 Å². The Labute approximate surface area is 111 Å². The number of rotatable bonds is 6. The van der Waals surface area contributed by atoms with Crippen molar-refractivity contribution in [1.29, 1.82) is 5.26 Å². The first-order chi connectivity index (χ1) is 8.19. The molecule has 0 saturated carbocycles. The number of nitrogens with one attached hydrogen (secondary N) is 1. The summed E-state index contributed by atoms with van der Waals surface area (Å²) in [5.41, 5.74) is 1.60. The first-order valence-electron chi connectivity index (χ1n) is 5.65. The highest BCUT2D eigenvalue weighted by Gasteiger charge is 2.08. The summed E-state index contributed by atoms with van der Waals surface area (Å²) in [5, 5.41) is 12.3. The minimum atomic E-state index is 0.283. The number of anilines is 1. The molecule has 4 heteroatoms. The van der Waals surface area contributed by atoms with Crippen LogP contribution in [-0.4, -0.2) is 19.8 Å². The van der Waals surface area contributed by atoms with E-state index in [9.17, 15) is 0 Å². The van der Waals surface area contributed by atoms with E-state index in [-0.39, 0.29) is 6.04 Å². The minimum Gasteiger partial charge on any atom is -0.383 e. The molecule has 0 aliphatic carbocycles. The van der Waals surface area contributed by atoms with Crippen LogP contribution in [0.4, 0.5) is 5.69 Å². The Kier molecular flexibility index (Phi) is 6.03. The maximum Gasteiger partial charge on any atom is 0.0992 e. The third-order valence-electron chi connectivity index (χ3n) is 2.40. The van der Waals surface area contributed by atoms with Crippen LogP contribution >= 0.6 is 15.9 Å². The zero-order valence-corrected chi connectivity index (χ0v) is 11.8. The molecule has 1 unspecified atom stereocenters. The van der Waals surface area contributed by atoms with Gasteiger partial charge in [-0.05, 0) is 24.6 Å².